The molecular weight excluding hydrogens is 352 g/mol. The molecule has 0 aliphatic carbocycles. The fourth-order valence-corrected chi connectivity index (χ4v) is 1.73. The number of esters is 3. The Balaban J connectivity index is 3.89. The van der Waals surface area contributed by atoms with Crippen molar-refractivity contribution < 1.29 is 33.3 Å². The van der Waals surface area contributed by atoms with E-state index < -0.39 is 17.9 Å². The van der Waals surface area contributed by atoms with Crippen LogP contribution in [0.4, 0.5) is 0 Å². The van der Waals surface area contributed by atoms with Gasteiger partial charge in [-0.1, -0.05) is 13.2 Å². The average molecular weight is 384 g/mol. The maximum absolute atomic E-state index is 11.9. The van der Waals surface area contributed by atoms with Gasteiger partial charge in [-0.2, -0.15) is 0 Å². The number of hydrogen-bond acceptors (Lipinski definition) is 7. The quantitative estimate of drug-likeness (QED) is 0.209. The summed E-state index contributed by atoms with van der Waals surface area (Å²) in [6.07, 6.45) is 0.271. The van der Waals surface area contributed by atoms with E-state index >= 15 is 0 Å². The van der Waals surface area contributed by atoms with E-state index in [0.29, 0.717) is 30.6 Å². The lowest BCUT2D eigenvalue weighted by atomic mass is 10.2. The molecular formula is C20H32O7. The van der Waals surface area contributed by atoms with Crippen molar-refractivity contribution in [2.45, 2.75) is 59.7 Å². The van der Waals surface area contributed by atoms with Crippen LogP contribution in [0.15, 0.2) is 24.3 Å². The van der Waals surface area contributed by atoms with Crippen molar-refractivity contribution in [1.82, 2.24) is 0 Å². The molecule has 0 bridgehead atoms. The lowest BCUT2D eigenvalue weighted by Crippen LogP contribution is -2.24. The van der Waals surface area contributed by atoms with E-state index in [1.54, 1.807) is 34.6 Å². The van der Waals surface area contributed by atoms with Crippen LogP contribution in [0.5, 0.6) is 0 Å². The zero-order valence-electron chi connectivity index (χ0n) is 17.0. The molecule has 27 heavy (non-hydrogen) atoms. The molecule has 0 N–H and O–H groups in total. The Morgan fingerprint density at radius 1 is 0.815 bits per heavy atom. The molecule has 3 unspecified atom stereocenters. The zero-order valence-corrected chi connectivity index (χ0v) is 17.0. The second-order valence-corrected chi connectivity index (χ2v) is 6.71. The summed E-state index contributed by atoms with van der Waals surface area (Å²) in [6.45, 7) is 16.1. The van der Waals surface area contributed by atoms with Crippen molar-refractivity contribution in [1.29, 1.82) is 0 Å². The molecule has 0 aliphatic rings. The van der Waals surface area contributed by atoms with Gasteiger partial charge in [-0.15, -0.1) is 0 Å². The molecule has 7 heteroatoms. The van der Waals surface area contributed by atoms with Gasteiger partial charge in [0, 0.05) is 24.0 Å². The third-order valence-electron chi connectivity index (χ3n) is 3.52. The first-order valence-electron chi connectivity index (χ1n) is 9.01. The van der Waals surface area contributed by atoms with Gasteiger partial charge in [0.25, 0.3) is 0 Å². The van der Waals surface area contributed by atoms with Crippen LogP contribution in [0.2, 0.25) is 0 Å². The smallest absolute Gasteiger partial charge is 0.333 e. The molecule has 0 radical (unpaired) electrons. The van der Waals surface area contributed by atoms with Crippen LogP contribution in [0.25, 0.3) is 0 Å². The molecule has 3 atom stereocenters. The van der Waals surface area contributed by atoms with Crippen LogP contribution < -0.4 is 0 Å². The van der Waals surface area contributed by atoms with Gasteiger partial charge in [0.2, 0.25) is 0 Å². The first-order valence-corrected chi connectivity index (χ1v) is 9.01. The van der Waals surface area contributed by atoms with E-state index in [9.17, 15) is 14.4 Å². The summed E-state index contributed by atoms with van der Waals surface area (Å²) in [7, 11) is 0. The Hall–Kier alpha value is -2.15. The molecule has 0 aromatic rings. The molecule has 0 aromatic heterocycles. The van der Waals surface area contributed by atoms with E-state index in [2.05, 4.69) is 13.2 Å². The van der Waals surface area contributed by atoms with Gasteiger partial charge in [0.05, 0.1) is 25.7 Å². The molecule has 0 saturated heterocycles. The van der Waals surface area contributed by atoms with Crippen molar-refractivity contribution >= 4 is 17.9 Å². The van der Waals surface area contributed by atoms with Crippen molar-refractivity contribution in [3.05, 3.63) is 24.3 Å². The zero-order chi connectivity index (χ0) is 21.0. The summed E-state index contributed by atoms with van der Waals surface area (Å²) in [5.41, 5.74) is 0.677. The largest absolute Gasteiger partial charge is 0.465 e. The van der Waals surface area contributed by atoms with Crippen LogP contribution in [0.1, 0.15) is 47.5 Å². The number of carbonyl (C=O) groups excluding carboxylic acids is 3. The van der Waals surface area contributed by atoms with Crippen LogP contribution >= 0.6 is 0 Å². The first-order chi connectivity index (χ1) is 12.5. The highest BCUT2D eigenvalue weighted by Crippen LogP contribution is 2.07. The summed E-state index contributed by atoms with van der Waals surface area (Å²) < 4.78 is 20.8. The molecule has 7 nitrogen and oxygen atoms in total. The van der Waals surface area contributed by atoms with Crippen LogP contribution in [0, 0.1) is 5.92 Å². The summed E-state index contributed by atoms with van der Waals surface area (Å²) in [5, 5.41) is 0. The topological polar surface area (TPSA) is 88.1 Å². The van der Waals surface area contributed by atoms with Gasteiger partial charge >= 0.3 is 17.9 Å². The first kappa shape index (κ1) is 24.8. The van der Waals surface area contributed by atoms with Gasteiger partial charge in [-0.25, -0.2) is 9.59 Å². The minimum atomic E-state index is -0.459. The summed E-state index contributed by atoms with van der Waals surface area (Å²) in [5.74, 6) is -1.69. The van der Waals surface area contributed by atoms with Crippen molar-refractivity contribution in [3.8, 4) is 0 Å². The van der Waals surface area contributed by atoms with E-state index in [-0.39, 0.29) is 31.4 Å². The van der Waals surface area contributed by atoms with E-state index in [1.807, 2.05) is 0 Å². The fraction of sp³-hybridized carbons (Fsp3) is 0.650. The number of carbonyl (C=O) groups is 3. The number of hydrogen-bond donors (Lipinski definition) is 0. The second-order valence-electron chi connectivity index (χ2n) is 6.71. The molecule has 0 aliphatic heterocycles. The number of rotatable bonds is 13. The van der Waals surface area contributed by atoms with E-state index in [4.69, 9.17) is 18.9 Å². The van der Waals surface area contributed by atoms with Crippen LogP contribution in [-0.4, -0.2) is 49.9 Å². The van der Waals surface area contributed by atoms with Gasteiger partial charge in [-0.05, 0) is 34.6 Å². The summed E-state index contributed by atoms with van der Waals surface area (Å²) >= 11 is 0. The highest BCUT2D eigenvalue weighted by atomic mass is 16.6. The van der Waals surface area contributed by atoms with Crippen LogP contribution in [-0.2, 0) is 33.3 Å². The molecule has 0 amide bonds. The summed E-state index contributed by atoms with van der Waals surface area (Å²) in [6, 6.07) is 0. The Labute approximate surface area is 161 Å². The Kier molecular flexibility index (Phi) is 12.0. The molecule has 0 heterocycles. The predicted octanol–water partition coefficient (Wildman–Crippen LogP) is 2.98. The highest BCUT2D eigenvalue weighted by Gasteiger charge is 2.17. The van der Waals surface area contributed by atoms with E-state index in [1.165, 1.54) is 0 Å². The van der Waals surface area contributed by atoms with Crippen molar-refractivity contribution in [2.75, 3.05) is 19.8 Å². The van der Waals surface area contributed by atoms with Crippen molar-refractivity contribution in [3.63, 3.8) is 0 Å². The fourth-order valence-electron chi connectivity index (χ4n) is 1.73. The highest BCUT2D eigenvalue weighted by molar-refractivity contribution is 5.87. The predicted molar refractivity (Wildman–Crippen MR) is 101 cm³/mol. The monoisotopic (exact) mass is 384 g/mol. The minimum Gasteiger partial charge on any atom is -0.465 e. The molecule has 0 spiro atoms. The maximum atomic E-state index is 11.9. The SMILES string of the molecule is C=C(C)C(=O)OC(C)CCOCC(C)C(=O)OCCC(C)OC(=O)C(=C)C. The Morgan fingerprint density at radius 2 is 1.26 bits per heavy atom. The van der Waals surface area contributed by atoms with Gasteiger partial charge in [0.15, 0.2) is 0 Å². The number of ether oxygens (including phenoxy) is 4. The van der Waals surface area contributed by atoms with Gasteiger partial charge < -0.3 is 18.9 Å². The third kappa shape index (κ3) is 12.0. The lowest BCUT2D eigenvalue weighted by molar-refractivity contribution is -0.151. The molecule has 0 fully saturated rings. The average Bonchev–Trinajstić information content (AvgIpc) is 2.57. The van der Waals surface area contributed by atoms with Gasteiger partial charge in [-0.3, -0.25) is 4.79 Å². The Morgan fingerprint density at radius 3 is 1.70 bits per heavy atom. The molecule has 0 saturated carbocycles. The Bertz CT molecular complexity index is 538. The summed E-state index contributed by atoms with van der Waals surface area (Å²) in [4.78, 5) is 34.6. The van der Waals surface area contributed by atoms with Crippen molar-refractivity contribution in [2.24, 2.45) is 5.92 Å². The van der Waals surface area contributed by atoms with Crippen LogP contribution in [0.3, 0.4) is 0 Å². The lowest BCUT2D eigenvalue weighted by Gasteiger charge is -2.16. The minimum absolute atomic E-state index is 0.154. The van der Waals surface area contributed by atoms with Gasteiger partial charge in [0.1, 0.15) is 12.2 Å². The molecule has 154 valence electrons. The maximum Gasteiger partial charge on any atom is 0.333 e. The second kappa shape index (κ2) is 13.1. The third-order valence-corrected chi connectivity index (χ3v) is 3.52. The molecule has 0 aromatic carbocycles. The normalized spacial score (nSPS) is 13.8. The van der Waals surface area contributed by atoms with E-state index in [0.717, 1.165) is 0 Å². The standard InChI is InChI=1S/C20H32O7/c1-13(2)18(21)26-16(6)8-10-24-12-15(5)20(23)25-11-9-17(7)27-19(22)14(3)4/h15-17H,1,3,8-12H2,2,4-7H3. The molecule has 0 rings (SSSR count).